The minimum atomic E-state index is -3.67. The number of amides is 1. The van der Waals surface area contributed by atoms with Crippen molar-refractivity contribution in [3.05, 3.63) is 59.9 Å². The Labute approximate surface area is 152 Å². The molecule has 0 spiro atoms. The average molecular weight is 381 g/mol. The van der Waals surface area contributed by atoms with Crippen LogP contribution in [0.4, 0.5) is 0 Å². The van der Waals surface area contributed by atoms with E-state index in [1.165, 1.54) is 0 Å². The van der Waals surface area contributed by atoms with Gasteiger partial charge in [-0.1, -0.05) is 18.2 Å². The molecule has 0 fully saturated rings. The van der Waals surface area contributed by atoms with Crippen molar-refractivity contribution in [2.75, 3.05) is 6.26 Å². The van der Waals surface area contributed by atoms with Crippen molar-refractivity contribution in [3.8, 4) is 5.75 Å². The average Bonchev–Trinajstić information content (AvgIpc) is 2.53. The second kappa shape index (κ2) is 9.27. The molecule has 1 amide bonds. The molecule has 142 valence electrons. The number of primary amides is 1. The molecule has 8 nitrogen and oxygen atoms in total. The first kappa shape index (κ1) is 21.6. The van der Waals surface area contributed by atoms with Crippen LogP contribution in [-0.2, 0) is 27.9 Å². The van der Waals surface area contributed by atoms with Crippen molar-refractivity contribution in [3.63, 3.8) is 0 Å². The smallest absolute Gasteiger partial charge is 0.261 e. The van der Waals surface area contributed by atoms with Crippen LogP contribution < -0.4 is 16.2 Å². The molecular weight excluding hydrogens is 358 g/mol. The lowest BCUT2D eigenvalue weighted by atomic mass is 9.93. The van der Waals surface area contributed by atoms with Crippen LogP contribution in [0.15, 0.2) is 48.8 Å². The first-order valence-corrected chi connectivity index (χ1v) is 9.44. The summed E-state index contributed by atoms with van der Waals surface area (Å²) in [6.07, 6.45) is 4.60. The highest BCUT2D eigenvalue weighted by Gasteiger charge is 2.25. The Kier molecular flexibility index (Phi) is 7.69. The standard InChI is InChI=1S/C16H19N3O2.CH4O3S/c1-16(18,15(17)20)9-12-4-6-14(7-5-12)21-11-13-3-2-8-19-10-13;1-5(2,3)4/h2-8,10H,9,11,18H2,1H3,(H2,17,20);1H3,(H,2,3,4). The topological polar surface area (TPSA) is 146 Å². The fourth-order valence-electron chi connectivity index (χ4n) is 1.86. The second-order valence-corrected chi connectivity index (χ2v) is 7.45. The number of hydrogen-bond donors (Lipinski definition) is 3. The molecule has 2 rings (SSSR count). The third-order valence-electron chi connectivity index (χ3n) is 3.19. The lowest BCUT2D eigenvalue weighted by molar-refractivity contribution is -0.122. The number of carbonyl (C=O) groups is 1. The van der Waals surface area contributed by atoms with Crippen molar-refractivity contribution in [1.29, 1.82) is 0 Å². The van der Waals surface area contributed by atoms with Crippen molar-refractivity contribution >= 4 is 16.0 Å². The van der Waals surface area contributed by atoms with Crippen molar-refractivity contribution < 1.29 is 22.5 Å². The van der Waals surface area contributed by atoms with Gasteiger partial charge in [-0.2, -0.15) is 8.42 Å². The second-order valence-electron chi connectivity index (χ2n) is 5.99. The maximum atomic E-state index is 11.2. The van der Waals surface area contributed by atoms with Crippen LogP contribution in [0.2, 0.25) is 0 Å². The van der Waals surface area contributed by atoms with Crippen molar-refractivity contribution in [1.82, 2.24) is 4.98 Å². The van der Waals surface area contributed by atoms with E-state index in [1.807, 2.05) is 36.4 Å². The zero-order valence-corrected chi connectivity index (χ0v) is 15.4. The third-order valence-corrected chi connectivity index (χ3v) is 3.19. The molecule has 0 saturated heterocycles. The molecule has 0 aliphatic heterocycles. The summed E-state index contributed by atoms with van der Waals surface area (Å²) >= 11 is 0. The van der Waals surface area contributed by atoms with E-state index in [9.17, 15) is 13.2 Å². The largest absolute Gasteiger partial charge is 0.489 e. The monoisotopic (exact) mass is 381 g/mol. The van der Waals surface area contributed by atoms with Crippen LogP contribution in [0, 0.1) is 0 Å². The molecule has 1 unspecified atom stereocenters. The van der Waals surface area contributed by atoms with Gasteiger partial charge >= 0.3 is 0 Å². The molecule has 0 aliphatic carbocycles. The number of rotatable bonds is 6. The molecule has 2 aromatic rings. The zero-order valence-electron chi connectivity index (χ0n) is 14.6. The molecule has 26 heavy (non-hydrogen) atoms. The Balaban J connectivity index is 0.000000597. The molecule has 0 radical (unpaired) electrons. The third kappa shape index (κ3) is 9.11. The van der Waals surface area contributed by atoms with Crippen LogP contribution in [0.3, 0.4) is 0 Å². The lowest BCUT2D eigenvalue weighted by Crippen LogP contribution is -2.51. The van der Waals surface area contributed by atoms with Gasteiger partial charge in [0.2, 0.25) is 5.91 Å². The first-order valence-electron chi connectivity index (χ1n) is 7.59. The number of aromatic nitrogens is 1. The summed E-state index contributed by atoms with van der Waals surface area (Å²) in [6.45, 7) is 2.09. The van der Waals surface area contributed by atoms with Gasteiger partial charge in [-0.3, -0.25) is 14.3 Å². The van der Waals surface area contributed by atoms with Gasteiger partial charge in [0.1, 0.15) is 12.4 Å². The summed E-state index contributed by atoms with van der Waals surface area (Å²) in [5.74, 6) is 0.236. The predicted molar refractivity (Wildman–Crippen MR) is 98.0 cm³/mol. The summed E-state index contributed by atoms with van der Waals surface area (Å²) in [6, 6.07) is 11.3. The first-order chi connectivity index (χ1) is 12.0. The molecule has 1 aromatic carbocycles. The van der Waals surface area contributed by atoms with E-state index < -0.39 is 21.6 Å². The van der Waals surface area contributed by atoms with Crippen molar-refractivity contribution in [2.45, 2.75) is 25.5 Å². The number of ether oxygens (including phenoxy) is 1. The molecule has 1 atom stereocenters. The summed E-state index contributed by atoms with van der Waals surface area (Å²) < 4.78 is 31.5. The van der Waals surface area contributed by atoms with Gasteiger partial charge in [-0.25, -0.2) is 0 Å². The zero-order chi connectivity index (χ0) is 19.8. The minimum Gasteiger partial charge on any atom is -0.489 e. The molecule has 0 bridgehead atoms. The summed E-state index contributed by atoms with van der Waals surface area (Å²) in [5, 5.41) is 0. The maximum Gasteiger partial charge on any atom is 0.261 e. The SMILES string of the molecule is CC(N)(Cc1ccc(OCc2cccnc2)cc1)C(N)=O.CS(=O)(=O)O. The fraction of sp³-hybridized carbons (Fsp3) is 0.294. The van der Waals surface area contributed by atoms with Crippen molar-refractivity contribution in [2.24, 2.45) is 11.5 Å². The van der Waals surface area contributed by atoms with E-state index in [2.05, 4.69) is 4.98 Å². The molecule has 1 aromatic heterocycles. The number of benzene rings is 1. The summed E-state index contributed by atoms with van der Waals surface area (Å²) in [5.41, 5.74) is 12.0. The maximum absolute atomic E-state index is 11.2. The Morgan fingerprint density at radius 1 is 1.23 bits per heavy atom. The number of carbonyl (C=O) groups excluding carboxylic acids is 1. The number of pyridine rings is 1. The van der Waals surface area contributed by atoms with Crippen LogP contribution in [-0.4, -0.2) is 35.7 Å². The number of nitrogens with zero attached hydrogens (tertiary/aromatic N) is 1. The quantitative estimate of drug-likeness (QED) is 0.630. The van der Waals surface area contributed by atoms with E-state index in [1.54, 1.807) is 19.3 Å². The summed E-state index contributed by atoms with van der Waals surface area (Å²) in [4.78, 5) is 15.2. The fourth-order valence-corrected chi connectivity index (χ4v) is 1.86. The molecule has 9 heteroatoms. The van der Waals surface area contributed by atoms with Gasteiger partial charge < -0.3 is 16.2 Å². The molecule has 0 saturated carbocycles. The van der Waals surface area contributed by atoms with E-state index in [-0.39, 0.29) is 0 Å². The van der Waals surface area contributed by atoms with E-state index in [0.29, 0.717) is 19.3 Å². The summed E-state index contributed by atoms with van der Waals surface area (Å²) in [7, 11) is -3.67. The van der Waals surface area contributed by atoms with Crippen LogP contribution in [0.25, 0.3) is 0 Å². The highest BCUT2D eigenvalue weighted by molar-refractivity contribution is 7.85. The van der Waals surface area contributed by atoms with E-state index >= 15 is 0 Å². The van der Waals surface area contributed by atoms with Gasteiger partial charge in [0.15, 0.2) is 0 Å². The Bertz CT molecular complexity index is 798. The minimum absolute atomic E-state index is 0.394. The predicted octanol–water partition coefficient (Wildman–Crippen LogP) is 0.910. The molecule has 5 N–H and O–H groups in total. The van der Waals surface area contributed by atoms with Gasteiger partial charge in [0.25, 0.3) is 10.1 Å². The van der Waals surface area contributed by atoms with Crippen LogP contribution in [0.5, 0.6) is 5.75 Å². The van der Waals surface area contributed by atoms with E-state index in [4.69, 9.17) is 20.8 Å². The normalized spacial score (nSPS) is 13.1. The molecular formula is C17H23N3O5S. The van der Waals surface area contributed by atoms with Gasteiger partial charge in [0, 0.05) is 18.0 Å². The Hall–Kier alpha value is -2.49. The lowest BCUT2D eigenvalue weighted by Gasteiger charge is -2.20. The molecule has 1 heterocycles. The highest BCUT2D eigenvalue weighted by atomic mass is 32.2. The van der Waals surface area contributed by atoms with Gasteiger partial charge in [0.05, 0.1) is 11.8 Å². The Morgan fingerprint density at radius 2 is 1.81 bits per heavy atom. The molecule has 0 aliphatic rings. The number of nitrogens with two attached hydrogens (primary N) is 2. The van der Waals surface area contributed by atoms with Gasteiger partial charge in [-0.15, -0.1) is 0 Å². The van der Waals surface area contributed by atoms with E-state index in [0.717, 1.165) is 16.9 Å². The van der Waals surface area contributed by atoms with Gasteiger partial charge in [-0.05, 0) is 37.1 Å². The van der Waals surface area contributed by atoms with Crippen LogP contribution in [0.1, 0.15) is 18.1 Å². The Morgan fingerprint density at radius 3 is 2.27 bits per heavy atom. The highest BCUT2D eigenvalue weighted by Crippen LogP contribution is 2.17. The van der Waals surface area contributed by atoms with Crippen LogP contribution >= 0.6 is 0 Å². The number of hydrogen-bond acceptors (Lipinski definition) is 6.